The molecule has 0 aliphatic heterocycles. The quantitative estimate of drug-likeness (QED) is 0.671. The zero-order valence-corrected chi connectivity index (χ0v) is 9.97. The molecule has 1 aromatic carbocycles. The average molecular weight is 205 g/mol. The van der Waals surface area contributed by atoms with Crippen LogP contribution < -0.4 is 4.43 Å². The summed E-state index contributed by atoms with van der Waals surface area (Å²) in [6.07, 6.45) is 4.57. The third-order valence-corrected chi connectivity index (χ3v) is 2.58. The molecule has 14 heavy (non-hydrogen) atoms. The lowest BCUT2D eigenvalue weighted by Crippen LogP contribution is -1.98. The molecule has 0 bridgehead atoms. The molecule has 0 atom stereocenters. The molecule has 0 heterocycles. The van der Waals surface area contributed by atoms with Crippen LogP contribution in [0.3, 0.4) is 0 Å². The second kappa shape index (κ2) is 5.86. The highest BCUT2D eigenvalue weighted by atomic mass is 28.2. The van der Waals surface area contributed by atoms with Gasteiger partial charge in [-0.1, -0.05) is 38.8 Å². The van der Waals surface area contributed by atoms with Crippen molar-refractivity contribution in [2.75, 3.05) is 0 Å². The van der Waals surface area contributed by atoms with E-state index in [1.807, 2.05) is 6.07 Å². The molecule has 2 heteroatoms. The lowest BCUT2D eigenvalue weighted by molar-refractivity contribution is 0.600. The maximum absolute atomic E-state index is 5.19. The summed E-state index contributed by atoms with van der Waals surface area (Å²) in [6.45, 7) is 4.40. The van der Waals surface area contributed by atoms with Crippen molar-refractivity contribution in [3.63, 3.8) is 0 Å². The third-order valence-electron chi connectivity index (χ3n) is 2.36. The lowest BCUT2D eigenvalue weighted by Gasteiger charge is -2.12. The number of hydrogen-bond donors (Lipinski definition) is 0. The smallest absolute Gasteiger partial charge is 0.341 e. The van der Waals surface area contributed by atoms with Crippen LogP contribution >= 0.6 is 0 Å². The van der Waals surface area contributed by atoms with E-state index in [0.29, 0.717) is 0 Å². The second-order valence-electron chi connectivity index (χ2n) is 3.50. The van der Waals surface area contributed by atoms with Gasteiger partial charge < -0.3 is 4.43 Å². The van der Waals surface area contributed by atoms with E-state index in [0.717, 1.165) is 25.0 Å². The van der Waals surface area contributed by atoms with Gasteiger partial charge in [-0.05, 0) is 30.0 Å². The average Bonchev–Trinajstić information content (AvgIpc) is 2.21. The van der Waals surface area contributed by atoms with E-state index in [1.54, 1.807) is 0 Å². The van der Waals surface area contributed by atoms with E-state index >= 15 is 0 Å². The van der Waals surface area contributed by atoms with Gasteiger partial charge in [-0.25, -0.2) is 0 Å². The summed E-state index contributed by atoms with van der Waals surface area (Å²) in [6, 6.07) is 6.26. The summed E-state index contributed by atoms with van der Waals surface area (Å²) in [5, 5.41) is 0. The van der Waals surface area contributed by atoms with Crippen LogP contribution in [0, 0.1) is 0 Å². The van der Waals surface area contributed by atoms with Crippen LogP contribution in [0.2, 0.25) is 0 Å². The van der Waals surface area contributed by atoms with E-state index in [9.17, 15) is 0 Å². The fourth-order valence-corrected chi connectivity index (χ4v) is 1.94. The first-order valence-electron chi connectivity index (χ1n) is 5.27. The Balaban J connectivity index is 3.00. The molecule has 0 amide bonds. The molecule has 0 aliphatic carbocycles. The van der Waals surface area contributed by atoms with Gasteiger partial charge in [0.05, 0.1) is 0 Å². The van der Waals surface area contributed by atoms with Gasteiger partial charge >= 0.3 is 10.5 Å². The zero-order chi connectivity index (χ0) is 10.4. The van der Waals surface area contributed by atoms with Crippen LogP contribution in [-0.4, -0.2) is 10.5 Å². The lowest BCUT2D eigenvalue weighted by atomic mass is 9.99. The third kappa shape index (κ3) is 2.61. The standard InChI is InChI=1S/C12H17OSi/c1-3-6-10-8-5-9-12(13-14)11(10)7-4-2/h5,8-9H,3-4,6-7H2,1-2H3. The van der Waals surface area contributed by atoms with E-state index in [1.165, 1.54) is 17.5 Å². The molecule has 3 radical (unpaired) electrons. The first-order chi connectivity index (χ1) is 6.83. The molecule has 0 spiro atoms. The van der Waals surface area contributed by atoms with Crippen molar-refractivity contribution in [2.45, 2.75) is 39.5 Å². The first-order valence-corrected chi connectivity index (χ1v) is 5.68. The van der Waals surface area contributed by atoms with E-state index in [4.69, 9.17) is 4.43 Å². The van der Waals surface area contributed by atoms with Gasteiger partial charge in [0, 0.05) is 0 Å². The first kappa shape index (κ1) is 11.3. The van der Waals surface area contributed by atoms with Gasteiger partial charge in [0.15, 0.2) is 0 Å². The molecule has 0 aliphatic rings. The SMILES string of the molecule is CCCc1cccc(O[Si])c1CCC. The van der Waals surface area contributed by atoms with E-state index in [2.05, 4.69) is 36.5 Å². The van der Waals surface area contributed by atoms with Gasteiger partial charge in [0.25, 0.3) is 0 Å². The predicted molar refractivity (Wildman–Crippen MR) is 60.8 cm³/mol. The molecule has 0 unspecified atom stereocenters. The largest absolute Gasteiger partial charge is 0.540 e. The summed E-state index contributed by atoms with van der Waals surface area (Å²) < 4.78 is 5.19. The molecule has 0 saturated heterocycles. The van der Waals surface area contributed by atoms with Gasteiger partial charge in [-0.2, -0.15) is 0 Å². The Labute approximate surface area is 90.0 Å². The van der Waals surface area contributed by atoms with Gasteiger partial charge in [-0.3, -0.25) is 0 Å². The van der Waals surface area contributed by atoms with Crippen LogP contribution in [0.1, 0.15) is 37.8 Å². The summed E-state index contributed by atoms with van der Waals surface area (Å²) in [5.41, 5.74) is 2.77. The highest BCUT2D eigenvalue weighted by molar-refractivity contribution is 6.00. The van der Waals surface area contributed by atoms with Crippen molar-refractivity contribution in [1.29, 1.82) is 0 Å². The number of rotatable bonds is 5. The zero-order valence-electron chi connectivity index (χ0n) is 8.97. The van der Waals surface area contributed by atoms with Crippen LogP contribution in [0.25, 0.3) is 0 Å². The van der Waals surface area contributed by atoms with Crippen molar-refractivity contribution >= 4 is 10.5 Å². The fourth-order valence-electron chi connectivity index (χ4n) is 1.74. The Hall–Kier alpha value is -0.763. The molecule has 1 nitrogen and oxygen atoms in total. The molecular weight excluding hydrogens is 188 g/mol. The van der Waals surface area contributed by atoms with Crippen LogP contribution in [0.15, 0.2) is 18.2 Å². The molecule has 1 rings (SSSR count). The maximum Gasteiger partial charge on any atom is 0.341 e. The Kier molecular flexibility index (Phi) is 4.74. The van der Waals surface area contributed by atoms with Gasteiger partial charge in [-0.15, -0.1) is 0 Å². The minimum Gasteiger partial charge on any atom is -0.540 e. The molecule has 1 aromatic rings. The Bertz CT molecular complexity index is 284. The fraction of sp³-hybridized carbons (Fsp3) is 0.500. The van der Waals surface area contributed by atoms with Crippen molar-refractivity contribution in [1.82, 2.24) is 0 Å². The van der Waals surface area contributed by atoms with E-state index < -0.39 is 0 Å². The highest BCUT2D eigenvalue weighted by Gasteiger charge is 2.06. The number of hydrogen-bond acceptors (Lipinski definition) is 1. The minimum absolute atomic E-state index is 0.967. The molecule has 0 fully saturated rings. The normalized spacial score (nSPS) is 10.2. The Morgan fingerprint density at radius 2 is 1.86 bits per heavy atom. The number of benzene rings is 1. The molecule has 0 aromatic heterocycles. The minimum atomic E-state index is 0.967. The summed E-state index contributed by atoms with van der Waals surface area (Å²) in [5.74, 6) is 0.967. The van der Waals surface area contributed by atoms with Crippen molar-refractivity contribution in [3.8, 4) is 5.75 Å². The van der Waals surface area contributed by atoms with Crippen LogP contribution in [0.4, 0.5) is 0 Å². The monoisotopic (exact) mass is 205 g/mol. The summed E-state index contributed by atoms with van der Waals surface area (Å²) in [7, 11) is 3.11. The van der Waals surface area contributed by atoms with Gasteiger partial charge in [0.2, 0.25) is 0 Å². The molecule has 0 saturated carbocycles. The highest BCUT2D eigenvalue weighted by Crippen LogP contribution is 2.24. The van der Waals surface area contributed by atoms with Crippen molar-refractivity contribution in [3.05, 3.63) is 29.3 Å². The van der Waals surface area contributed by atoms with Gasteiger partial charge in [0.1, 0.15) is 5.75 Å². The summed E-state index contributed by atoms with van der Waals surface area (Å²) >= 11 is 0. The molecule has 75 valence electrons. The van der Waals surface area contributed by atoms with Crippen LogP contribution in [-0.2, 0) is 12.8 Å². The second-order valence-corrected chi connectivity index (χ2v) is 3.70. The Morgan fingerprint density at radius 3 is 2.43 bits per heavy atom. The van der Waals surface area contributed by atoms with Crippen LogP contribution in [0.5, 0.6) is 5.75 Å². The molecular formula is C12H17OSi. The van der Waals surface area contributed by atoms with Crippen molar-refractivity contribution < 1.29 is 4.43 Å². The van der Waals surface area contributed by atoms with E-state index in [-0.39, 0.29) is 0 Å². The maximum atomic E-state index is 5.19. The predicted octanol–water partition coefficient (Wildman–Crippen LogP) is 3.05. The Morgan fingerprint density at radius 1 is 1.14 bits per heavy atom. The summed E-state index contributed by atoms with van der Waals surface area (Å²) in [4.78, 5) is 0. The van der Waals surface area contributed by atoms with Crippen molar-refractivity contribution in [2.24, 2.45) is 0 Å². The topological polar surface area (TPSA) is 9.23 Å². The number of aryl methyl sites for hydroxylation is 1. The molecule has 0 N–H and O–H groups in total.